The van der Waals surface area contributed by atoms with Gasteiger partial charge in [-0.1, -0.05) is 26.0 Å². The maximum absolute atomic E-state index is 6.21. The molecule has 0 saturated carbocycles. The lowest BCUT2D eigenvalue weighted by atomic mass is 9.97. The van der Waals surface area contributed by atoms with E-state index in [4.69, 9.17) is 15.2 Å². The summed E-state index contributed by atoms with van der Waals surface area (Å²) < 4.78 is 10.7. The molecule has 0 amide bonds. The van der Waals surface area contributed by atoms with Crippen molar-refractivity contribution in [3.63, 3.8) is 0 Å². The quantitative estimate of drug-likeness (QED) is 0.862. The standard InChI is InChI=1S/C14H23NO2.ClH/c1-10(2)8-9-12(15)11-6-5-7-13(16-3)14(11)17-4;/h5-7,10,12H,8-9,15H2,1-4H3;1H/t12-;/m1./s1. The Hall–Kier alpha value is -0.930. The molecule has 1 atom stereocenters. The number of hydrogen-bond acceptors (Lipinski definition) is 3. The summed E-state index contributed by atoms with van der Waals surface area (Å²) in [5.74, 6) is 2.16. The van der Waals surface area contributed by atoms with Gasteiger partial charge in [-0.15, -0.1) is 12.4 Å². The molecule has 2 N–H and O–H groups in total. The van der Waals surface area contributed by atoms with Gasteiger partial charge in [0.1, 0.15) is 0 Å². The molecule has 0 bridgehead atoms. The van der Waals surface area contributed by atoms with Crippen LogP contribution in [0.3, 0.4) is 0 Å². The maximum atomic E-state index is 6.21. The predicted molar refractivity (Wildman–Crippen MR) is 77.8 cm³/mol. The number of para-hydroxylation sites is 1. The first-order valence-corrected chi connectivity index (χ1v) is 6.06. The first-order chi connectivity index (χ1) is 8.10. The Morgan fingerprint density at radius 3 is 2.28 bits per heavy atom. The highest BCUT2D eigenvalue weighted by atomic mass is 35.5. The van der Waals surface area contributed by atoms with Crippen LogP contribution in [0.15, 0.2) is 18.2 Å². The summed E-state index contributed by atoms with van der Waals surface area (Å²) in [6.07, 6.45) is 2.07. The molecule has 0 aliphatic rings. The number of ether oxygens (including phenoxy) is 2. The van der Waals surface area contributed by atoms with Crippen molar-refractivity contribution >= 4 is 12.4 Å². The summed E-state index contributed by atoms with van der Waals surface area (Å²) in [6.45, 7) is 4.41. The van der Waals surface area contributed by atoms with Gasteiger partial charge in [-0.3, -0.25) is 0 Å². The number of methoxy groups -OCH3 is 2. The largest absolute Gasteiger partial charge is 0.493 e. The number of hydrogen-bond donors (Lipinski definition) is 1. The van der Waals surface area contributed by atoms with Crippen LogP contribution in [0.2, 0.25) is 0 Å². The van der Waals surface area contributed by atoms with Crippen molar-refractivity contribution in [3.05, 3.63) is 23.8 Å². The second kappa shape index (κ2) is 8.22. The highest BCUT2D eigenvalue weighted by Crippen LogP contribution is 2.35. The molecule has 0 fully saturated rings. The van der Waals surface area contributed by atoms with E-state index in [0.29, 0.717) is 5.92 Å². The Morgan fingerprint density at radius 1 is 1.11 bits per heavy atom. The minimum absolute atomic E-state index is 0. The van der Waals surface area contributed by atoms with Crippen molar-refractivity contribution in [2.24, 2.45) is 11.7 Å². The normalized spacial score (nSPS) is 11.9. The molecule has 18 heavy (non-hydrogen) atoms. The van der Waals surface area contributed by atoms with Crippen LogP contribution in [0.4, 0.5) is 0 Å². The summed E-state index contributed by atoms with van der Waals surface area (Å²) in [5, 5.41) is 0. The van der Waals surface area contributed by atoms with E-state index < -0.39 is 0 Å². The molecule has 1 aromatic carbocycles. The molecule has 0 aromatic heterocycles. The van der Waals surface area contributed by atoms with Gasteiger partial charge in [0.15, 0.2) is 11.5 Å². The van der Waals surface area contributed by atoms with Gasteiger partial charge >= 0.3 is 0 Å². The lowest BCUT2D eigenvalue weighted by Crippen LogP contribution is -2.13. The lowest BCUT2D eigenvalue weighted by molar-refractivity contribution is 0.347. The van der Waals surface area contributed by atoms with Crippen LogP contribution in [0.5, 0.6) is 11.5 Å². The first-order valence-electron chi connectivity index (χ1n) is 6.06. The van der Waals surface area contributed by atoms with Gasteiger partial charge in [-0.05, 0) is 24.8 Å². The van der Waals surface area contributed by atoms with Crippen LogP contribution in [-0.4, -0.2) is 14.2 Å². The number of nitrogens with two attached hydrogens (primary N) is 1. The van der Waals surface area contributed by atoms with Gasteiger partial charge in [-0.25, -0.2) is 0 Å². The van der Waals surface area contributed by atoms with E-state index in [-0.39, 0.29) is 18.4 Å². The third-order valence-electron chi connectivity index (χ3n) is 2.89. The summed E-state index contributed by atoms with van der Waals surface area (Å²) in [6, 6.07) is 5.85. The SMILES string of the molecule is COc1cccc([C@H](N)CCC(C)C)c1OC.Cl. The second-order valence-electron chi connectivity index (χ2n) is 4.66. The zero-order valence-electron chi connectivity index (χ0n) is 11.6. The van der Waals surface area contributed by atoms with Crippen molar-refractivity contribution in [3.8, 4) is 11.5 Å². The maximum Gasteiger partial charge on any atom is 0.165 e. The molecule has 3 nitrogen and oxygen atoms in total. The number of halogens is 1. The molecule has 0 aliphatic heterocycles. The highest BCUT2D eigenvalue weighted by Gasteiger charge is 2.15. The van der Waals surface area contributed by atoms with Crippen LogP contribution in [-0.2, 0) is 0 Å². The molecule has 0 saturated heterocycles. The smallest absolute Gasteiger partial charge is 0.165 e. The van der Waals surface area contributed by atoms with E-state index in [1.165, 1.54) is 0 Å². The number of rotatable bonds is 6. The average molecular weight is 274 g/mol. The molecule has 0 spiro atoms. The van der Waals surface area contributed by atoms with Gasteiger partial charge in [0, 0.05) is 11.6 Å². The fourth-order valence-electron chi connectivity index (χ4n) is 1.87. The molecule has 0 aliphatic carbocycles. The third-order valence-corrected chi connectivity index (χ3v) is 2.89. The van der Waals surface area contributed by atoms with E-state index in [0.717, 1.165) is 29.9 Å². The Balaban J connectivity index is 0.00000289. The molecule has 0 heterocycles. The summed E-state index contributed by atoms with van der Waals surface area (Å²) in [5.41, 5.74) is 7.23. The van der Waals surface area contributed by atoms with Gasteiger partial charge in [-0.2, -0.15) is 0 Å². The van der Waals surface area contributed by atoms with E-state index in [1.807, 2.05) is 18.2 Å². The predicted octanol–water partition coefficient (Wildman–Crippen LogP) is 3.56. The third kappa shape index (κ3) is 4.39. The molecule has 1 rings (SSSR count). The highest BCUT2D eigenvalue weighted by molar-refractivity contribution is 5.85. The molecule has 104 valence electrons. The fourth-order valence-corrected chi connectivity index (χ4v) is 1.87. The van der Waals surface area contributed by atoms with Crippen molar-refractivity contribution < 1.29 is 9.47 Å². The van der Waals surface area contributed by atoms with E-state index in [9.17, 15) is 0 Å². The second-order valence-corrected chi connectivity index (χ2v) is 4.66. The van der Waals surface area contributed by atoms with E-state index >= 15 is 0 Å². The molecule has 1 aromatic rings. The van der Waals surface area contributed by atoms with Crippen LogP contribution in [0, 0.1) is 5.92 Å². The number of benzene rings is 1. The summed E-state index contributed by atoms with van der Waals surface area (Å²) >= 11 is 0. The van der Waals surface area contributed by atoms with Gasteiger partial charge in [0.05, 0.1) is 14.2 Å². The Bertz CT molecular complexity index is 356. The minimum atomic E-state index is 0. The topological polar surface area (TPSA) is 44.5 Å². The zero-order chi connectivity index (χ0) is 12.8. The van der Waals surface area contributed by atoms with Crippen molar-refractivity contribution in [1.29, 1.82) is 0 Å². The Morgan fingerprint density at radius 2 is 1.78 bits per heavy atom. The first kappa shape index (κ1) is 17.1. The van der Waals surface area contributed by atoms with Crippen LogP contribution in [0.1, 0.15) is 38.3 Å². The lowest BCUT2D eigenvalue weighted by Gasteiger charge is -2.18. The summed E-state index contributed by atoms with van der Waals surface area (Å²) in [4.78, 5) is 0. The van der Waals surface area contributed by atoms with Crippen LogP contribution in [0.25, 0.3) is 0 Å². The summed E-state index contributed by atoms with van der Waals surface area (Å²) in [7, 11) is 3.29. The molecule has 4 heteroatoms. The zero-order valence-corrected chi connectivity index (χ0v) is 12.4. The van der Waals surface area contributed by atoms with Crippen molar-refractivity contribution in [2.45, 2.75) is 32.7 Å². The van der Waals surface area contributed by atoms with Gasteiger partial charge in [0.2, 0.25) is 0 Å². The van der Waals surface area contributed by atoms with E-state index in [2.05, 4.69) is 13.8 Å². The van der Waals surface area contributed by atoms with E-state index in [1.54, 1.807) is 14.2 Å². The van der Waals surface area contributed by atoms with Crippen molar-refractivity contribution in [1.82, 2.24) is 0 Å². The fraction of sp³-hybridized carbons (Fsp3) is 0.571. The van der Waals surface area contributed by atoms with Crippen molar-refractivity contribution in [2.75, 3.05) is 14.2 Å². The monoisotopic (exact) mass is 273 g/mol. The average Bonchev–Trinajstić information content (AvgIpc) is 2.34. The molecule has 0 unspecified atom stereocenters. The molecule has 0 radical (unpaired) electrons. The minimum Gasteiger partial charge on any atom is -0.493 e. The molecular weight excluding hydrogens is 250 g/mol. The van der Waals surface area contributed by atoms with Crippen LogP contribution >= 0.6 is 12.4 Å². The Kier molecular flexibility index (Phi) is 7.80. The van der Waals surface area contributed by atoms with Gasteiger partial charge < -0.3 is 15.2 Å². The molecular formula is C14H24ClNO2. The Labute approximate surface area is 116 Å². The van der Waals surface area contributed by atoms with Gasteiger partial charge in [0.25, 0.3) is 0 Å². The van der Waals surface area contributed by atoms with Crippen LogP contribution < -0.4 is 15.2 Å².